The summed E-state index contributed by atoms with van der Waals surface area (Å²) in [6, 6.07) is -0.627. The maximum absolute atomic E-state index is 13.8. The number of rotatable bonds is 8. The highest BCUT2D eigenvalue weighted by Gasteiger charge is 2.77. The van der Waals surface area contributed by atoms with Gasteiger partial charge in [-0.1, -0.05) is 12.1 Å². The topological polar surface area (TPSA) is 240 Å². The number of fused-ring (bicyclic) bond motifs is 1. The van der Waals surface area contributed by atoms with Gasteiger partial charge in [0, 0.05) is 0 Å². The Balaban J connectivity index is 1.70. The number of hydrogen-bond acceptors (Lipinski definition) is 10. The van der Waals surface area contributed by atoms with E-state index in [1.165, 1.54) is 38.1 Å². The second-order valence-corrected chi connectivity index (χ2v) is 13.9. The number of nitrogens with zero attached hydrogens (tertiary/aromatic N) is 3. The fourth-order valence-electron chi connectivity index (χ4n) is 5.06. The Bertz CT molecular complexity index is 1480. The lowest BCUT2D eigenvalue weighted by Crippen LogP contribution is -2.80. The zero-order valence-corrected chi connectivity index (χ0v) is 23.4. The molecule has 0 bridgehead atoms. The molecule has 0 radical (unpaired) electrons. The van der Waals surface area contributed by atoms with Gasteiger partial charge in [0.15, 0.2) is 0 Å². The van der Waals surface area contributed by atoms with E-state index in [9.17, 15) is 51.6 Å². The number of benzene rings is 1. The van der Waals surface area contributed by atoms with Crippen LogP contribution in [0.1, 0.15) is 25.5 Å². The van der Waals surface area contributed by atoms with Crippen LogP contribution < -0.4 is 16.0 Å². The number of carboxylic acid groups (broad SMARTS) is 1. The number of sulfonamides is 1. The first kappa shape index (κ1) is 29.7. The van der Waals surface area contributed by atoms with E-state index in [0.717, 1.165) is 6.26 Å². The van der Waals surface area contributed by atoms with Gasteiger partial charge in [-0.25, -0.2) is 32.0 Å². The summed E-state index contributed by atoms with van der Waals surface area (Å²) in [5, 5.41) is 25.5. The molecule has 4 rings (SSSR count). The van der Waals surface area contributed by atoms with Crippen molar-refractivity contribution in [2.75, 3.05) is 19.3 Å². The zero-order valence-electron chi connectivity index (χ0n) is 21.8. The Morgan fingerprint density at radius 3 is 2.27 bits per heavy atom. The Hall–Kier alpha value is -4.26. The van der Waals surface area contributed by atoms with Gasteiger partial charge < -0.3 is 26.2 Å². The number of phenols is 1. The van der Waals surface area contributed by atoms with Crippen LogP contribution in [0.5, 0.6) is 5.75 Å². The molecule has 3 aliphatic heterocycles. The summed E-state index contributed by atoms with van der Waals surface area (Å²) in [5.74, 6) is -4.09. The molecular formula is C22H26N6O11S2. The number of hydrogen-bond donors (Lipinski definition) is 5. The van der Waals surface area contributed by atoms with Crippen LogP contribution in [0, 0.1) is 0 Å². The number of aliphatic carboxylic acids is 1. The van der Waals surface area contributed by atoms with Gasteiger partial charge in [-0.2, -0.15) is 0 Å². The highest BCUT2D eigenvalue weighted by atomic mass is 32.2. The van der Waals surface area contributed by atoms with Gasteiger partial charge in [-0.15, -0.1) is 0 Å². The fraction of sp³-hybridized carbons (Fsp3) is 0.455. The molecule has 3 aliphatic rings. The molecule has 5 N–H and O–H groups in total. The van der Waals surface area contributed by atoms with Crippen molar-refractivity contribution >= 4 is 57.1 Å². The van der Waals surface area contributed by atoms with Crippen LogP contribution in [0.25, 0.3) is 0 Å². The Labute approximate surface area is 235 Å². The van der Waals surface area contributed by atoms with Gasteiger partial charge in [-0.3, -0.25) is 23.5 Å². The molecule has 17 nitrogen and oxygen atoms in total. The van der Waals surface area contributed by atoms with Gasteiger partial charge in [0.25, 0.3) is 5.91 Å². The SMILES string of the molecule is CC1(C)S(=O)[C@@H]2[C@H](NC=O)C(=O)N2[C@@]1(NC(=O)C(NC(=O)N1CCN(S(C)(=O)=O)C1=O)c1ccc(O)cc1)C(=O)O. The molecule has 0 saturated carbocycles. The fourth-order valence-corrected chi connectivity index (χ4v) is 7.88. The smallest absolute Gasteiger partial charge is 0.352 e. The van der Waals surface area contributed by atoms with Crippen molar-refractivity contribution in [3.63, 3.8) is 0 Å². The first-order valence-corrected chi connectivity index (χ1v) is 14.9. The predicted octanol–water partition coefficient (Wildman–Crippen LogP) is -2.44. The van der Waals surface area contributed by atoms with E-state index < -0.39 is 78.5 Å². The molecule has 19 heteroatoms. The lowest BCUT2D eigenvalue weighted by Gasteiger charge is -2.49. The Morgan fingerprint density at radius 1 is 1.15 bits per heavy atom. The highest BCUT2D eigenvalue weighted by Crippen LogP contribution is 2.49. The second-order valence-electron chi connectivity index (χ2n) is 9.92. The molecule has 2 unspecified atom stereocenters. The summed E-state index contributed by atoms with van der Waals surface area (Å²) in [6.45, 7) is 1.81. The third-order valence-electron chi connectivity index (χ3n) is 7.23. The Kier molecular flexibility index (Phi) is 7.23. The number of β-lactam (4-membered cyclic amide) rings is 1. The molecule has 3 saturated heterocycles. The van der Waals surface area contributed by atoms with E-state index in [-0.39, 0.29) is 30.8 Å². The minimum atomic E-state index is -3.99. The van der Waals surface area contributed by atoms with Gasteiger partial charge >= 0.3 is 18.0 Å². The van der Waals surface area contributed by atoms with Crippen LogP contribution in [-0.4, -0.2) is 114 Å². The number of phenolic OH excluding ortho intramolecular Hbond substituents is 1. The Morgan fingerprint density at radius 2 is 1.76 bits per heavy atom. The van der Waals surface area contributed by atoms with Gasteiger partial charge in [-0.05, 0) is 31.5 Å². The summed E-state index contributed by atoms with van der Waals surface area (Å²) >= 11 is 0. The molecule has 1 aromatic carbocycles. The first-order valence-electron chi connectivity index (χ1n) is 11.9. The number of amides is 7. The van der Waals surface area contributed by atoms with Crippen molar-refractivity contribution in [2.24, 2.45) is 0 Å². The van der Waals surface area contributed by atoms with E-state index in [2.05, 4.69) is 16.0 Å². The second kappa shape index (κ2) is 9.98. The van der Waals surface area contributed by atoms with Crippen LogP contribution in [-0.2, 0) is 40.0 Å². The van der Waals surface area contributed by atoms with Crippen LogP contribution >= 0.6 is 0 Å². The number of imide groups is 1. The molecule has 0 aliphatic carbocycles. The van der Waals surface area contributed by atoms with Crippen molar-refractivity contribution in [3.05, 3.63) is 29.8 Å². The minimum absolute atomic E-state index is 0.00436. The van der Waals surface area contributed by atoms with Crippen molar-refractivity contribution < 1.29 is 51.6 Å². The van der Waals surface area contributed by atoms with Gasteiger partial charge in [0.1, 0.15) is 23.2 Å². The van der Waals surface area contributed by atoms with Crippen molar-refractivity contribution in [1.82, 2.24) is 30.1 Å². The monoisotopic (exact) mass is 614 g/mol. The quantitative estimate of drug-likeness (QED) is 0.152. The molecule has 41 heavy (non-hydrogen) atoms. The van der Waals surface area contributed by atoms with E-state index in [1.807, 2.05) is 0 Å². The third kappa shape index (κ3) is 4.44. The van der Waals surface area contributed by atoms with Crippen molar-refractivity contribution in [1.29, 1.82) is 0 Å². The maximum Gasteiger partial charge on any atom is 0.352 e. The zero-order chi connectivity index (χ0) is 30.7. The van der Waals surface area contributed by atoms with Gasteiger partial charge in [0.2, 0.25) is 28.0 Å². The average Bonchev–Trinajstić information content (AvgIpc) is 3.35. The third-order valence-corrected chi connectivity index (χ3v) is 10.6. The largest absolute Gasteiger partial charge is 0.508 e. The standard InChI is InChI=1S/C22H26N6O11S2/c1-21(2)22(18(33)34,28-16(32)14(23-10-29)17(28)40(21)37)25-15(31)13(11-4-6-12(30)7-5-11)24-19(35)26-8-9-27(20(26)36)41(3,38)39/h4-7,10,13-14,17,30H,8-9H2,1-3H3,(H,23,29)(H,24,35)(H,25,31)(H,33,34)/t13?,14-,17-,22+,40?/m1/s1. The summed E-state index contributed by atoms with van der Waals surface area (Å²) in [4.78, 5) is 77.3. The number of carbonyl (C=O) groups is 6. The first-order chi connectivity index (χ1) is 19.0. The summed E-state index contributed by atoms with van der Waals surface area (Å²) in [7, 11) is -6.11. The molecule has 7 amide bonds. The molecule has 0 aromatic heterocycles. The number of nitrogens with one attached hydrogen (secondary N) is 3. The normalized spacial score (nSPS) is 27.5. The van der Waals surface area contributed by atoms with Crippen molar-refractivity contribution in [2.45, 2.75) is 41.7 Å². The summed E-state index contributed by atoms with van der Waals surface area (Å²) < 4.78 is 35.7. The molecule has 1 aromatic rings. The number of carboxylic acids is 1. The van der Waals surface area contributed by atoms with E-state index in [1.54, 1.807) is 0 Å². The van der Waals surface area contributed by atoms with Crippen LogP contribution in [0.3, 0.4) is 0 Å². The van der Waals surface area contributed by atoms with Crippen LogP contribution in [0.2, 0.25) is 0 Å². The van der Waals surface area contributed by atoms with E-state index >= 15 is 0 Å². The lowest BCUT2D eigenvalue weighted by atomic mass is 9.88. The molecule has 3 fully saturated rings. The highest BCUT2D eigenvalue weighted by molar-refractivity contribution is 7.89. The lowest BCUT2D eigenvalue weighted by molar-refractivity contribution is -0.176. The molecule has 5 atom stereocenters. The van der Waals surface area contributed by atoms with E-state index in [0.29, 0.717) is 14.1 Å². The molecule has 3 heterocycles. The number of urea groups is 2. The van der Waals surface area contributed by atoms with Gasteiger partial charge in [0.05, 0.1) is 34.9 Å². The van der Waals surface area contributed by atoms with E-state index in [4.69, 9.17) is 0 Å². The minimum Gasteiger partial charge on any atom is -0.508 e. The number of carbonyl (C=O) groups excluding carboxylic acids is 5. The molecule has 222 valence electrons. The summed E-state index contributed by atoms with van der Waals surface area (Å²) in [5.41, 5.74) is -2.60. The molecule has 0 spiro atoms. The van der Waals surface area contributed by atoms with Crippen molar-refractivity contribution in [3.8, 4) is 5.75 Å². The molecular weight excluding hydrogens is 588 g/mol. The summed E-state index contributed by atoms with van der Waals surface area (Å²) in [6.07, 6.45) is 0.974. The number of aromatic hydroxyl groups is 1. The van der Waals surface area contributed by atoms with Crippen LogP contribution in [0.4, 0.5) is 9.59 Å². The average molecular weight is 615 g/mol. The predicted molar refractivity (Wildman–Crippen MR) is 137 cm³/mol. The maximum atomic E-state index is 13.8. The van der Waals surface area contributed by atoms with Crippen LogP contribution in [0.15, 0.2) is 24.3 Å².